The molecule has 1 heterocycles. The molecule has 0 aromatic heterocycles. The maximum Gasteiger partial charge on any atom is 0.233 e. The fourth-order valence-corrected chi connectivity index (χ4v) is 3.35. The van der Waals surface area contributed by atoms with E-state index in [1.54, 1.807) is 19.2 Å². The van der Waals surface area contributed by atoms with Gasteiger partial charge in [-0.25, -0.2) is 8.42 Å². The molecule has 1 aliphatic rings. The summed E-state index contributed by atoms with van der Waals surface area (Å²) in [6, 6.07) is 6.31. The molecule has 0 aliphatic carbocycles. The van der Waals surface area contributed by atoms with Crippen molar-refractivity contribution in [2.24, 2.45) is 5.41 Å². The van der Waals surface area contributed by atoms with E-state index in [9.17, 15) is 13.2 Å². The molecule has 1 aliphatic heterocycles. The summed E-state index contributed by atoms with van der Waals surface area (Å²) in [6.45, 7) is 1.88. The molecule has 1 fully saturated rings. The molecule has 2 N–H and O–H groups in total. The number of rotatable bonds is 5. The van der Waals surface area contributed by atoms with Crippen LogP contribution in [0.3, 0.4) is 0 Å². The first kappa shape index (κ1) is 19.9. The van der Waals surface area contributed by atoms with Gasteiger partial charge < -0.3 is 15.4 Å². The Labute approximate surface area is 143 Å². The standard InChI is InChI=1S/C15H22N2O4S.ClH/c1-21-11-15(6-8-16-9-7-15)14(18)17-12-4-3-5-13(10-12)22(2,19)20;/h3-5,10,16H,6-9,11H2,1-2H3,(H,17,18);1H. The maximum atomic E-state index is 12.7. The highest BCUT2D eigenvalue weighted by Gasteiger charge is 2.39. The maximum absolute atomic E-state index is 12.7. The first-order valence-corrected chi connectivity index (χ1v) is 9.08. The van der Waals surface area contributed by atoms with Crippen LogP contribution in [0.2, 0.25) is 0 Å². The van der Waals surface area contributed by atoms with E-state index in [2.05, 4.69) is 10.6 Å². The fraction of sp³-hybridized carbons (Fsp3) is 0.533. The number of anilines is 1. The normalized spacial score (nSPS) is 17.1. The summed E-state index contributed by atoms with van der Waals surface area (Å²) in [5.41, 5.74) is -0.0805. The number of amides is 1. The zero-order valence-electron chi connectivity index (χ0n) is 13.3. The van der Waals surface area contributed by atoms with Crippen molar-refractivity contribution in [3.63, 3.8) is 0 Å². The van der Waals surface area contributed by atoms with Crippen LogP contribution in [0.25, 0.3) is 0 Å². The third-order valence-electron chi connectivity index (χ3n) is 3.98. The van der Waals surface area contributed by atoms with E-state index in [4.69, 9.17) is 4.74 Å². The minimum absolute atomic E-state index is 0. The molecular formula is C15H23ClN2O4S. The zero-order chi connectivity index (χ0) is 16.2. The van der Waals surface area contributed by atoms with Crippen molar-refractivity contribution in [1.29, 1.82) is 0 Å². The van der Waals surface area contributed by atoms with E-state index >= 15 is 0 Å². The van der Waals surface area contributed by atoms with Gasteiger partial charge in [-0.05, 0) is 44.1 Å². The molecule has 1 aromatic rings. The average molecular weight is 363 g/mol. The zero-order valence-corrected chi connectivity index (χ0v) is 14.9. The number of benzene rings is 1. The number of ether oxygens (including phenoxy) is 1. The van der Waals surface area contributed by atoms with E-state index in [0.717, 1.165) is 19.3 Å². The van der Waals surface area contributed by atoms with Crippen LogP contribution >= 0.6 is 12.4 Å². The van der Waals surface area contributed by atoms with Gasteiger partial charge in [0.15, 0.2) is 9.84 Å². The number of halogens is 1. The number of nitrogens with one attached hydrogen (secondary N) is 2. The Morgan fingerprint density at radius 1 is 1.35 bits per heavy atom. The third-order valence-corrected chi connectivity index (χ3v) is 5.09. The molecule has 0 saturated carbocycles. The van der Waals surface area contributed by atoms with Crippen molar-refractivity contribution in [2.45, 2.75) is 17.7 Å². The van der Waals surface area contributed by atoms with Gasteiger partial charge in [-0.15, -0.1) is 12.4 Å². The fourth-order valence-electron chi connectivity index (χ4n) is 2.69. The summed E-state index contributed by atoms with van der Waals surface area (Å²) in [5, 5.41) is 6.07. The largest absolute Gasteiger partial charge is 0.384 e. The molecule has 130 valence electrons. The molecule has 0 radical (unpaired) electrons. The SMILES string of the molecule is COCC1(C(=O)Nc2cccc(S(C)(=O)=O)c2)CCNCC1.Cl. The number of methoxy groups -OCH3 is 1. The van der Waals surface area contributed by atoms with Crippen LogP contribution in [0.1, 0.15) is 12.8 Å². The quantitative estimate of drug-likeness (QED) is 0.828. The lowest BCUT2D eigenvalue weighted by molar-refractivity contribution is -0.130. The van der Waals surface area contributed by atoms with E-state index in [-0.39, 0.29) is 23.2 Å². The summed E-state index contributed by atoms with van der Waals surface area (Å²) >= 11 is 0. The van der Waals surface area contributed by atoms with Crippen molar-refractivity contribution in [3.8, 4) is 0 Å². The van der Waals surface area contributed by atoms with Crippen LogP contribution in [-0.2, 0) is 19.4 Å². The minimum atomic E-state index is -3.30. The van der Waals surface area contributed by atoms with Gasteiger partial charge in [-0.2, -0.15) is 0 Å². The topological polar surface area (TPSA) is 84.5 Å². The summed E-state index contributed by atoms with van der Waals surface area (Å²) in [6.07, 6.45) is 2.53. The lowest BCUT2D eigenvalue weighted by atomic mass is 9.78. The van der Waals surface area contributed by atoms with Crippen molar-refractivity contribution < 1.29 is 17.9 Å². The van der Waals surface area contributed by atoms with Crippen molar-refractivity contribution in [3.05, 3.63) is 24.3 Å². The number of piperidine rings is 1. The molecule has 2 rings (SSSR count). The van der Waals surface area contributed by atoms with Gasteiger partial charge in [0.1, 0.15) is 0 Å². The summed E-state index contributed by atoms with van der Waals surface area (Å²) in [4.78, 5) is 12.9. The Bertz CT molecular complexity index is 637. The average Bonchev–Trinajstić information content (AvgIpc) is 2.48. The second-order valence-corrected chi connectivity index (χ2v) is 7.73. The smallest absolute Gasteiger partial charge is 0.233 e. The number of carbonyl (C=O) groups excluding carboxylic acids is 1. The minimum Gasteiger partial charge on any atom is -0.384 e. The van der Waals surface area contributed by atoms with Gasteiger partial charge in [0, 0.05) is 19.1 Å². The Balaban J connectivity index is 0.00000264. The Hall–Kier alpha value is -1.15. The summed E-state index contributed by atoms with van der Waals surface area (Å²) < 4.78 is 28.4. The molecule has 8 heteroatoms. The predicted molar refractivity (Wildman–Crippen MR) is 91.8 cm³/mol. The van der Waals surface area contributed by atoms with Crippen molar-refractivity contribution in [2.75, 3.05) is 38.4 Å². The number of carbonyl (C=O) groups is 1. The summed E-state index contributed by atoms with van der Waals surface area (Å²) in [5.74, 6) is -0.124. The number of hydrogen-bond acceptors (Lipinski definition) is 5. The van der Waals surface area contributed by atoms with Crippen molar-refractivity contribution in [1.82, 2.24) is 5.32 Å². The Morgan fingerprint density at radius 3 is 2.57 bits per heavy atom. The second kappa shape index (κ2) is 8.10. The highest BCUT2D eigenvalue weighted by atomic mass is 35.5. The first-order chi connectivity index (χ1) is 10.4. The van der Waals surface area contributed by atoms with Crippen LogP contribution in [0.5, 0.6) is 0 Å². The molecule has 6 nitrogen and oxygen atoms in total. The van der Waals surface area contributed by atoms with Gasteiger partial charge in [0.25, 0.3) is 0 Å². The highest BCUT2D eigenvalue weighted by Crippen LogP contribution is 2.31. The van der Waals surface area contributed by atoms with E-state index in [0.29, 0.717) is 25.1 Å². The third kappa shape index (κ3) is 4.91. The predicted octanol–water partition coefficient (Wildman–Crippen LogP) is 1.47. The van der Waals surface area contributed by atoms with Gasteiger partial charge in [0.05, 0.1) is 16.9 Å². The van der Waals surface area contributed by atoms with Crippen molar-refractivity contribution >= 4 is 33.8 Å². The monoisotopic (exact) mass is 362 g/mol. The van der Waals surface area contributed by atoms with Crippen LogP contribution in [0.4, 0.5) is 5.69 Å². The molecule has 0 atom stereocenters. The van der Waals surface area contributed by atoms with Crippen LogP contribution < -0.4 is 10.6 Å². The number of sulfone groups is 1. The van der Waals surface area contributed by atoms with Crippen LogP contribution in [0, 0.1) is 5.41 Å². The molecule has 1 amide bonds. The molecule has 1 saturated heterocycles. The number of hydrogen-bond donors (Lipinski definition) is 2. The summed E-state index contributed by atoms with van der Waals surface area (Å²) in [7, 11) is -1.71. The van der Waals surface area contributed by atoms with Gasteiger partial charge in [0.2, 0.25) is 5.91 Å². The lowest BCUT2D eigenvalue weighted by Crippen LogP contribution is -2.47. The van der Waals surface area contributed by atoms with Gasteiger partial charge >= 0.3 is 0 Å². The van der Waals surface area contributed by atoms with Crippen LogP contribution in [-0.4, -0.2) is 47.4 Å². The lowest BCUT2D eigenvalue weighted by Gasteiger charge is -2.35. The van der Waals surface area contributed by atoms with Gasteiger partial charge in [-0.1, -0.05) is 6.07 Å². The molecular weight excluding hydrogens is 340 g/mol. The van der Waals surface area contributed by atoms with Gasteiger partial charge in [-0.3, -0.25) is 4.79 Å². The molecule has 0 bridgehead atoms. The Kier molecular flexibility index (Phi) is 7.01. The van der Waals surface area contributed by atoms with E-state index in [1.807, 2.05) is 0 Å². The molecule has 23 heavy (non-hydrogen) atoms. The molecule has 1 aromatic carbocycles. The highest BCUT2D eigenvalue weighted by molar-refractivity contribution is 7.90. The van der Waals surface area contributed by atoms with Crippen LogP contribution in [0.15, 0.2) is 29.2 Å². The first-order valence-electron chi connectivity index (χ1n) is 7.19. The molecule has 0 unspecified atom stereocenters. The van der Waals surface area contributed by atoms with E-state index < -0.39 is 15.3 Å². The second-order valence-electron chi connectivity index (χ2n) is 5.72. The molecule has 0 spiro atoms. The van der Waals surface area contributed by atoms with E-state index in [1.165, 1.54) is 12.1 Å². The Morgan fingerprint density at radius 2 is 2.00 bits per heavy atom.